The fourth-order valence-electron chi connectivity index (χ4n) is 3.62. The Bertz CT molecular complexity index is 996. The molecule has 31 heavy (non-hydrogen) atoms. The highest BCUT2D eigenvalue weighted by Crippen LogP contribution is 2.28. The summed E-state index contributed by atoms with van der Waals surface area (Å²) < 4.78 is 34.9. The van der Waals surface area contributed by atoms with Gasteiger partial charge in [0.2, 0.25) is 0 Å². The topological polar surface area (TPSA) is 93.1 Å². The maximum absolute atomic E-state index is 12.0. The molecular formula is C22H26ClNO6S. The standard InChI is InChI=1S/C22H26ClNO6S/c1-29-22-10-17(13-25)4-7-21(22)30-14-20(26)12-24(19-8-9-31(27,28)15-19)11-16-2-5-18(23)6-3-16/h2-7,10,13,19-20,26H,8-9,11-12,14-15H2,1H3. The summed E-state index contributed by atoms with van der Waals surface area (Å²) >= 11 is 5.96. The van der Waals surface area contributed by atoms with Gasteiger partial charge in [-0.2, -0.15) is 0 Å². The fraction of sp³-hybridized carbons (Fsp3) is 0.409. The summed E-state index contributed by atoms with van der Waals surface area (Å²) in [7, 11) is -1.59. The predicted molar refractivity (Wildman–Crippen MR) is 119 cm³/mol. The molecule has 1 aliphatic rings. The Labute approximate surface area is 187 Å². The number of carbonyl (C=O) groups is 1. The molecule has 9 heteroatoms. The van der Waals surface area contributed by atoms with Gasteiger partial charge in [0, 0.05) is 29.7 Å². The highest BCUT2D eigenvalue weighted by atomic mass is 35.5. The molecular weight excluding hydrogens is 442 g/mol. The van der Waals surface area contributed by atoms with Crippen molar-refractivity contribution in [3.8, 4) is 11.5 Å². The number of aliphatic hydroxyl groups excluding tert-OH is 1. The Balaban J connectivity index is 1.67. The second-order valence-electron chi connectivity index (χ2n) is 7.61. The average molecular weight is 468 g/mol. The number of aliphatic hydroxyl groups is 1. The average Bonchev–Trinajstić information content (AvgIpc) is 3.12. The number of aldehydes is 1. The molecule has 1 aliphatic heterocycles. The van der Waals surface area contributed by atoms with E-state index < -0.39 is 15.9 Å². The number of halogens is 1. The number of hydrogen-bond donors (Lipinski definition) is 1. The SMILES string of the molecule is COc1cc(C=O)ccc1OCC(O)CN(Cc1ccc(Cl)cc1)C1CCS(=O)(=O)C1. The second-order valence-corrected chi connectivity index (χ2v) is 10.3. The van der Waals surface area contributed by atoms with Crippen LogP contribution in [-0.2, 0) is 16.4 Å². The van der Waals surface area contributed by atoms with E-state index in [1.165, 1.54) is 7.11 Å². The van der Waals surface area contributed by atoms with Crippen molar-refractivity contribution in [1.82, 2.24) is 4.90 Å². The first kappa shape index (κ1) is 23.5. The Kier molecular flexibility index (Phi) is 7.94. The lowest BCUT2D eigenvalue weighted by atomic mass is 10.1. The number of sulfone groups is 1. The minimum Gasteiger partial charge on any atom is -0.493 e. The molecule has 2 aromatic carbocycles. The van der Waals surface area contributed by atoms with Crippen LogP contribution < -0.4 is 9.47 Å². The summed E-state index contributed by atoms with van der Waals surface area (Å²) in [6, 6.07) is 12.0. The fourth-order valence-corrected chi connectivity index (χ4v) is 5.50. The number of carbonyl (C=O) groups excluding carboxylic acids is 1. The van der Waals surface area contributed by atoms with Crippen molar-refractivity contribution in [2.45, 2.75) is 25.1 Å². The molecule has 1 fully saturated rings. The molecule has 2 aromatic rings. The molecule has 0 spiro atoms. The van der Waals surface area contributed by atoms with Crippen molar-refractivity contribution >= 4 is 27.7 Å². The maximum Gasteiger partial charge on any atom is 0.161 e. The summed E-state index contributed by atoms with van der Waals surface area (Å²) in [6.07, 6.45) is 0.390. The van der Waals surface area contributed by atoms with E-state index in [9.17, 15) is 18.3 Å². The lowest BCUT2D eigenvalue weighted by Gasteiger charge is -2.30. The molecule has 168 valence electrons. The van der Waals surface area contributed by atoms with E-state index in [1.54, 1.807) is 30.3 Å². The van der Waals surface area contributed by atoms with Crippen LogP contribution in [0.1, 0.15) is 22.3 Å². The molecule has 7 nitrogen and oxygen atoms in total. The third-order valence-corrected chi connectivity index (χ3v) is 7.23. The predicted octanol–water partition coefficient (Wildman–Crippen LogP) is 2.59. The van der Waals surface area contributed by atoms with Gasteiger partial charge in [0.25, 0.3) is 0 Å². The van der Waals surface area contributed by atoms with Gasteiger partial charge in [-0.05, 0) is 42.3 Å². The van der Waals surface area contributed by atoms with Gasteiger partial charge in [0.05, 0.1) is 18.6 Å². The molecule has 0 aliphatic carbocycles. The Morgan fingerprint density at radius 3 is 2.58 bits per heavy atom. The number of methoxy groups -OCH3 is 1. The maximum atomic E-state index is 12.0. The summed E-state index contributed by atoms with van der Waals surface area (Å²) in [4.78, 5) is 12.9. The zero-order valence-electron chi connectivity index (χ0n) is 17.2. The summed E-state index contributed by atoms with van der Waals surface area (Å²) in [5.74, 6) is 1.05. The van der Waals surface area contributed by atoms with Gasteiger partial charge in [-0.15, -0.1) is 0 Å². The Hall–Kier alpha value is -2.13. The van der Waals surface area contributed by atoms with Gasteiger partial charge in [0.15, 0.2) is 21.3 Å². The lowest BCUT2D eigenvalue weighted by molar-refractivity contribution is 0.0517. The minimum absolute atomic E-state index is 0.00656. The van der Waals surface area contributed by atoms with Crippen molar-refractivity contribution < 1.29 is 27.8 Å². The van der Waals surface area contributed by atoms with Gasteiger partial charge >= 0.3 is 0 Å². The molecule has 1 saturated heterocycles. The first-order chi connectivity index (χ1) is 14.8. The molecule has 3 rings (SSSR count). The van der Waals surface area contributed by atoms with E-state index >= 15 is 0 Å². The third-order valence-electron chi connectivity index (χ3n) is 5.22. The number of benzene rings is 2. The highest BCUT2D eigenvalue weighted by Gasteiger charge is 2.33. The highest BCUT2D eigenvalue weighted by molar-refractivity contribution is 7.91. The van der Waals surface area contributed by atoms with Crippen LogP contribution in [-0.4, -0.2) is 68.6 Å². The Morgan fingerprint density at radius 1 is 1.23 bits per heavy atom. The van der Waals surface area contributed by atoms with Crippen LogP contribution in [0, 0.1) is 0 Å². The molecule has 1 heterocycles. The van der Waals surface area contributed by atoms with Crippen LogP contribution in [0.5, 0.6) is 11.5 Å². The van der Waals surface area contributed by atoms with Gasteiger partial charge in [-0.25, -0.2) is 8.42 Å². The van der Waals surface area contributed by atoms with Gasteiger partial charge in [0.1, 0.15) is 19.0 Å². The molecule has 0 radical (unpaired) electrons. The van der Waals surface area contributed by atoms with Crippen molar-refractivity contribution in [1.29, 1.82) is 0 Å². The smallest absolute Gasteiger partial charge is 0.161 e. The van der Waals surface area contributed by atoms with E-state index in [-0.39, 0.29) is 30.7 Å². The zero-order valence-corrected chi connectivity index (χ0v) is 18.8. The molecule has 0 amide bonds. The number of hydrogen-bond acceptors (Lipinski definition) is 7. The first-order valence-electron chi connectivity index (χ1n) is 9.92. The van der Waals surface area contributed by atoms with Crippen molar-refractivity contribution in [2.75, 3.05) is 31.8 Å². The Morgan fingerprint density at radius 2 is 1.97 bits per heavy atom. The second kappa shape index (κ2) is 10.5. The van der Waals surface area contributed by atoms with E-state index in [4.69, 9.17) is 21.1 Å². The van der Waals surface area contributed by atoms with E-state index in [1.807, 2.05) is 17.0 Å². The molecule has 2 unspecified atom stereocenters. The summed E-state index contributed by atoms with van der Waals surface area (Å²) in [5.41, 5.74) is 1.44. The van der Waals surface area contributed by atoms with Gasteiger partial charge in [-0.3, -0.25) is 9.69 Å². The van der Waals surface area contributed by atoms with E-state index in [0.29, 0.717) is 41.3 Å². The molecule has 0 saturated carbocycles. The van der Waals surface area contributed by atoms with Crippen LogP contribution in [0.2, 0.25) is 5.02 Å². The lowest BCUT2D eigenvalue weighted by Crippen LogP contribution is -2.42. The minimum atomic E-state index is -3.07. The summed E-state index contributed by atoms with van der Waals surface area (Å²) in [6.45, 7) is 0.733. The van der Waals surface area contributed by atoms with Crippen LogP contribution in [0.4, 0.5) is 0 Å². The number of rotatable bonds is 10. The number of ether oxygens (including phenoxy) is 2. The van der Waals surface area contributed by atoms with Crippen LogP contribution >= 0.6 is 11.6 Å². The van der Waals surface area contributed by atoms with Crippen molar-refractivity contribution in [3.63, 3.8) is 0 Å². The molecule has 2 atom stereocenters. The molecule has 0 aromatic heterocycles. The van der Waals surface area contributed by atoms with Gasteiger partial charge < -0.3 is 14.6 Å². The van der Waals surface area contributed by atoms with Crippen molar-refractivity contribution in [3.05, 3.63) is 58.6 Å². The summed E-state index contributed by atoms with van der Waals surface area (Å²) in [5, 5.41) is 11.3. The normalized spacial score (nSPS) is 18.6. The van der Waals surface area contributed by atoms with Crippen molar-refractivity contribution in [2.24, 2.45) is 0 Å². The quantitative estimate of drug-likeness (QED) is 0.537. The number of nitrogens with zero attached hydrogens (tertiary/aromatic N) is 1. The van der Waals surface area contributed by atoms with Crippen LogP contribution in [0.25, 0.3) is 0 Å². The monoisotopic (exact) mass is 467 g/mol. The third kappa shape index (κ3) is 6.67. The van der Waals surface area contributed by atoms with Gasteiger partial charge in [-0.1, -0.05) is 23.7 Å². The van der Waals surface area contributed by atoms with E-state index in [0.717, 1.165) is 5.56 Å². The van der Waals surface area contributed by atoms with Crippen LogP contribution in [0.15, 0.2) is 42.5 Å². The van der Waals surface area contributed by atoms with E-state index in [2.05, 4.69) is 0 Å². The largest absolute Gasteiger partial charge is 0.493 e. The first-order valence-corrected chi connectivity index (χ1v) is 12.1. The molecule has 1 N–H and O–H groups in total. The van der Waals surface area contributed by atoms with Crippen LogP contribution in [0.3, 0.4) is 0 Å². The zero-order chi connectivity index (χ0) is 22.4. The molecule has 0 bridgehead atoms.